The Labute approximate surface area is 156 Å². The lowest BCUT2D eigenvalue weighted by atomic mass is 10.0. The van der Waals surface area contributed by atoms with Crippen molar-refractivity contribution in [2.45, 2.75) is 20.8 Å². The molecule has 3 rings (SSSR count). The van der Waals surface area contributed by atoms with Gasteiger partial charge in [-0.25, -0.2) is 0 Å². The van der Waals surface area contributed by atoms with Gasteiger partial charge in [0.1, 0.15) is 5.70 Å². The molecule has 1 N–H and O–H groups in total. The number of rotatable bonds is 5. The van der Waals surface area contributed by atoms with Gasteiger partial charge in [-0.15, -0.1) is 0 Å². The molecule has 138 valence electrons. The van der Waals surface area contributed by atoms with Crippen molar-refractivity contribution in [1.29, 1.82) is 0 Å². The topological polar surface area (TPSA) is 92.6 Å². The lowest BCUT2D eigenvalue weighted by Crippen LogP contribution is -2.32. The molecule has 0 fully saturated rings. The molecule has 7 heteroatoms. The summed E-state index contributed by atoms with van der Waals surface area (Å²) in [6.07, 6.45) is 0. The van der Waals surface area contributed by atoms with Crippen molar-refractivity contribution in [3.63, 3.8) is 0 Å². The van der Waals surface area contributed by atoms with E-state index < -0.39 is 16.7 Å². The number of carbonyl (C=O) groups is 2. The number of non-ortho nitro benzene ring substituents is 1. The van der Waals surface area contributed by atoms with Crippen molar-refractivity contribution in [1.82, 2.24) is 4.90 Å². The van der Waals surface area contributed by atoms with Gasteiger partial charge in [0, 0.05) is 24.4 Å². The second-order valence-electron chi connectivity index (χ2n) is 6.35. The van der Waals surface area contributed by atoms with E-state index in [0.29, 0.717) is 5.56 Å². The van der Waals surface area contributed by atoms with Gasteiger partial charge in [0.15, 0.2) is 0 Å². The van der Waals surface area contributed by atoms with E-state index in [4.69, 9.17) is 0 Å². The molecule has 0 saturated heterocycles. The zero-order valence-corrected chi connectivity index (χ0v) is 15.3. The standard InChI is InChI=1S/C20H19N3O4/c1-4-22-19(24)17(14-6-8-15(9-7-14)23(26)27)18(20(22)25)21-16-10-5-12(2)11-13(16)3/h5-11,21H,4H2,1-3H3. The fourth-order valence-corrected chi connectivity index (χ4v) is 3.09. The average Bonchev–Trinajstić information content (AvgIpc) is 2.87. The van der Waals surface area contributed by atoms with Gasteiger partial charge in [0.25, 0.3) is 17.5 Å². The molecule has 0 aromatic heterocycles. The van der Waals surface area contributed by atoms with Gasteiger partial charge in [-0.3, -0.25) is 24.6 Å². The van der Waals surface area contributed by atoms with Crippen LogP contribution in [0.5, 0.6) is 0 Å². The quantitative estimate of drug-likeness (QED) is 0.498. The number of benzene rings is 2. The van der Waals surface area contributed by atoms with Crippen LogP contribution in [0, 0.1) is 24.0 Å². The monoisotopic (exact) mass is 365 g/mol. The molecule has 0 unspecified atom stereocenters. The van der Waals surface area contributed by atoms with Crippen LogP contribution in [0.3, 0.4) is 0 Å². The van der Waals surface area contributed by atoms with E-state index >= 15 is 0 Å². The predicted molar refractivity (Wildman–Crippen MR) is 102 cm³/mol. The molecule has 7 nitrogen and oxygen atoms in total. The lowest BCUT2D eigenvalue weighted by molar-refractivity contribution is -0.384. The summed E-state index contributed by atoms with van der Waals surface area (Å²) in [4.78, 5) is 37.1. The van der Waals surface area contributed by atoms with E-state index in [-0.39, 0.29) is 23.5 Å². The highest BCUT2D eigenvalue weighted by Crippen LogP contribution is 2.32. The number of amides is 2. The number of likely N-dealkylation sites (N-methyl/N-ethyl adjacent to an activating group) is 1. The molecule has 0 aliphatic carbocycles. The number of hydrogen-bond donors (Lipinski definition) is 1. The summed E-state index contributed by atoms with van der Waals surface area (Å²) in [5.74, 6) is -0.820. The fraction of sp³-hybridized carbons (Fsp3) is 0.200. The minimum absolute atomic E-state index is 0.0765. The van der Waals surface area contributed by atoms with Gasteiger partial charge < -0.3 is 5.32 Å². The summed E-state index contributed by atoms with van der Waals surface area (Å²) in [5, 5.41) is 14.0. The summed E-state index contributed by atoms with van der Waals surface area (Å²) in [7, 11) is 0. The molecule has 2 aromatic rings. The summed E-state index contributed by atoms with van der Waals surface area (Å²) in [6, 6.07) is 11.4. The second kappa shape index (κ2) is 7.03. The fourth-order valence-electron chi connectivity index (χ4n) is 3.09. The Kier molecular flexibility index (Phi) is 4.77. The highest BCUT2D eigenvalue weighted by molar-refractivity contribution is 6.36. The Hall–Kier alpha value is -3.48. The van der Waals surface area contributed by atoms with E-state index in [9.17, 15) is 19.7 Å². The average molecular weight is 365 g/mol. The molecule has 0 spiro atoms. The molecular formula is C20H19N3O4. The molecule has 0 saturated carbocycles. The van der Waals surface area contributed by atoms with E-state index in [1.165, 1.54) is 24.3 Å². The van der Waals surface area contributed by atoms with Gasteiger partial charge >= 0.3 is 0 Å². The summed E-state index contributed by atoms with van der Waals surface area (Å²) in [5.41, 5.74) is 3.55. The third-order valence-corrected chi connectivity index (χ3v) is 4.49. The molecular weight excluding hydrogens is 346 g/mol. The first kappa shape index (κ1) is 18.3. The Morgan fingerprint density at radius 2 is 1.70 bits per heavy atom. The zero-order chi connectivity index (χ0) is 19.7. The minimum Gasteiger partial charge on any atom is -0.350 e. The Bertz CT molecular complexity index is 977. The van der Waals surface area contributed by atoms with E-state index in [1.54, 1.807) is 6.92 Å². The van der Waals surface area contributed by atoms with Crippen LogP contribution in [0.1, 0.15) is 23.6 Å². The van der Waals surface area contributed by atoms with Crippen molar-refractivity contribution >= 4 is 28.8 Å². The van der Waals surface area contributed by atoms with Crippen LogP contribution in [0.15, 0.2) is 48.2 Å². The third kappa shape index (κ3) is 3.31. The maximum absolute atomic E-state index is 12.8. The maximum Gasteiger partial charge on any atom is 0.278 e. The Balaban J connectivity index is 2.09. The summed E-state index contributed by atoms with van der Waals surface area (Å²) in [6.45, 7) is 5.86. The van der Waals surface area contributed by atoms with Gasteiger partial charge in [0.2, 0.25) is 0 Å². The number of aryl methyl sites for hydroxylation is 2. The third-order valence-electron chi connectivity index (χ3n) is 4.49. The number of nitro groups is 1. The van der Waals surface area contributed by atoms with Crippen molar-refractivity contribution in [3.05, 3.63) is 75.0 Å². The Morgan fingerprint density at radius 3 is 2.26 bits per heavy atom. The zero-order valence-electron chi connectivity index (χ0n) is 15.3. The van der Waals surface area contributed by atoms with Gasteiger partial charge in [-0.2, -0.15) is 0 Å². The van der Waals surface area contributed by atoms with Crippen LogP contribution < -0.4 is 5.32 Å². The molecule has 2 aromatic carbocycles. The van der Waals surface area contributed by atoms with Crippen molar-refractivity contribution < 1.29 is 14.5 Å². The van der Waals surface area contributed by atoms with E-state index in [0.717, 1.165) is 21.7 Å². The number of imide groups is 1. The SMILES string of the molecule is CCN1C(=O)C(Nc2ccc(C)cc2C)=C(c2ccc([N+](=O)[O-])cc2)C1=O. The lowest BCUT2D eigenvalue weighted by Gasteiger charge is -2.13. The highest BCUT2D eigenvalue weighted by atomic mass is 16.6. The molecule has 0 atom stereocenters. The van der Waals surface area contributed by atoms with Crippen LogP contribution >= 0.6 is 0 Å². The summed E-state index contributed by atoms with van der Waals surface area (Å²) < 4.78 is 0. The molecule has 0 bridgehead atoms. The van der Waals surface area contributed by atoms with Gasteiger partial charge in [-0.05, 0) is 50.1 Å². The number of nitrogens with one attached hydrogen (secondary N) is 1. The summed E-state index contributed by atoms with van der Waals surface area (Å²) >= 11 is 0. The van der Waals surface area contributed by atoms with Crippen molar-refractivity contribution in [3.8, 4) is 0 Å². The van der Waals surface area contributed by atoms with E-state index in [2.05, 4.69) is 5.32 Å². The number of nitro benzene ring substituents is 1. The minimum atomic E-state index is -0.507. The van der Waals surface area contributed by atoms with Gasteiger partial charge in [0.05, 0.1) is 10.5 Å². The molecule has 1 aliphatic heterocycles. The van der Waals surface area contributed by atoms with Crippen LogP contribution in [-0.2, 0) is 9.59 Å². The second-order valence-corrected chi connectivity index (χ2v) is 6.35. The predicted octanol–water partition coefficient (Wildman–Crippen LogP) is 3.42. The normalized spacial score (nSPS) is 14.1. The molecule has 1 aliphatic rings. The van der Waals surface area contributed by atoms with Crippen molar-refractivity contribution in [2.75, 3.05) is 11.9 Å². The molecule has 0 radical (unpaired) electrons. The number of nitrogens with zero attached hydrogens (tertiary/aromatic N) is 2. The first-order valence-electron chi connectivity index (χ1n) is 8.53. The van der Waals surface area contributed by atoms with Gasteiger partial charge in [-0.1, -0.05) is 17.7 Å². The molecule has 2 amide bonds. The molecule has 27 heavy (non-hydrogen) atoms. The van der Waals surface area contributed by atoms with E-state index in [1.807, 2.05) is 32.0 Å². The first-order chi connectivity index (χ1) is 12.8. The largest absolute Gasteiger partial charge is 0.350 e. The highest BCUT2D eigenvalue weighted by Gasteiger charge is 2.38. The Morgan fingerprint density at radius 1 is 1.04 bits per heavy atom. The number of hydrogen-bond acceptors (Lipinski definition) is 5. The first-order valence-corrected chi connectivity index (χ1v) is 8.53. The molecule has 1 heterocycles. The van der Waals surface area contributed by atoms with Crippen LogP contribution in [0.2, 0.25) is 0 Å². The number of anilines is 1. The number of carbonyl (C=O) groups excluding carboxylic acids is 2. The van der Waals surface area contributed by atoms with Crippen LogP contribution in [0.4, 0.5) is 11.4 Å². The van der Waals surface area contributed by atoms with Crippen molar-refractivity contribution in [2.24, 2.45) is 0 Å². The smallest absolute Gasteiger partial charge is 0.278 e. The van der Waals surface area contributed by atoms with Crippen LogP contribution in [0.25, 0.3) is 5.57 Å². The van der Waals surface area contributed by atoms with Crippen LogP contribution in [-0.4, -0.2) is 28.2 Å². The maximum atomic E-state index is 12.8.